The molecule has 0 spiro atoms. The lowest BCUT2D eigenvalue weighted by molar-refractivity contribution is 0.445. The van der Waals surface area contributed by atoms with Gasteiger partial charge in [0.05, 0.1) is 5.70 Å². The van der Waals surface area contributed by atoms with Gasteiger partial charge in [0.25, 0.3) is 0 Å². The molecule has 2 rings (SSSR count). The van der Waals surface area contributed by atoms with Gasteiger partial charge in [0.15, 0.2) is 0 Å². The third kappa shape index (κ3) is 5.20. The molecule has 1 heterocycles. The van der Waals surface area contributed by atoms with Crippen molar-refractivity contribution in [1.29, 1.82) is 5.26 Å². The molecule has 144 valence electrons. The molecule has 0 N–H and O–H groups in total. The molecule has 0 amide bonds. The van der Waals surface area contributed by atoms with Crippen molar-refractivity contribution in [3.8, 4) is 6.07 Å². The van der Waals surface area contributed by atoms with Crippen LogP contribution >= 0.6 is 0 Å². The molecule has 1 aliphatic rings. The van der Waals surface area contributed by atoms with Crippen LogP contribution < -0.4 is 0 Å². The van der Waals surface area contributed by atoms with Gasteiger partial charge in [0.2, 0.25) is 0 Å². The second kappa shape index (κ2) is 10.3. The third-order valence-electron chi connectivity index (χ3n) is 5.00. The number of hydrogen-bond acceptors (Lipinski definition) is 3. The zero-order chi connectivity index (χ0) is 20.5. The molecule has 0 aromatic heterocycles. The molecule has 0 bridgehead atoms. The van der Waals surface area contributed by atoms with Crippen LogP contribution in [0.3, 0.4) is 0 Å². The lowest BCUT2D eigenvalue weighted by atomic mass is 9.97. The quantitative estimate of drug-likeness (QED) is 0.229. The lowest BCUT2D eigenvalue weighted by Crippen LogP contribution is -2.28. The number of nitrogens with zero attached hydrogens (tertiary/aromatic N) is 3. The van der Waals surface area contributed by atoms with Gasteiger partial charge in [-0.15, -0.1) is 6.58 Å². The molecule has 0 atom stereocenters. The fourth-order valence-corrected chi connectivity index (χ4v) is 3.26. The van der Waals surface area contributed by atoms with Crippen LogP contribution in [0.15, 0.2) is 89.8 Å². The summed E-state index contributed by atoms with van der Waals surface area (Å²) in [7, 11) is 0. The fraction of sp³-hybridized carbons (Fsp3) is 0.280. The molecular weight excluding hydrogens is 342 g/mol. The second-order valence-corrected chi connectivity index (χ2v) is 6.90. The topological polar surface area (TPSA) is 39.4 Å². The Bertz CT molecular complexity index is 876. The van der Waals surface area contributed by atoms with E-state index in [0.29, 0.717) is 11.4 Å². The Morgan fingerprint density at radius 1 is 1.25 bits per heavy atom. The van der Waals surface area contributed by atoms with Gasteiger partial charge in [-0.2, -0.15) is 5.26 Å². The van der Waals surface area contributed by atoms with E-state index in [1.807, 2.05) is 38.1 Å². The summed E-state index contributed by atoms with van der Waals surface area (Å²) in [6.45, 7) is 17.0. The Kier molecular flexibility index (Phi) is 7.77. The first-order valence-electron chi connectivity index (χ1n) is 9.67. The van der Waals surface area contributed by atoms with Crippen molar-refractivity contribution in [3.05, 3.63) is 90.3 Å². The third-order valence-corrected chi connectivity index (χ3v) is 5.00. The molecule has 1 aromatic rings. The largest absolute Gasteiger partial charge is 0.345 e. The Hall–Kier alpha value is -3.12. The molecule has 3 nitrogen and oxygen atoms in total. The molecule has 28 heavy (non-hydrogen) atoms. The van der Waals surface area contributed by atoms with Crippen molar-refractivity contribution < 1.29 is 0 Å². The minimum absolute atomic E-state index is 0.449. The van der Waals surface area contributed by atoms with Gasteiger partial charge < -0.3 is 4.90 Å². The molecule has 0 saturated heterocycles. The molecule has 0 unspecified atom stereocenters. The van der Waals surface area contributed by atoms with Crippen LogP contribution in [-0.2, 0) is 0 Å². The molecule has 0 radical (unpaired) electrons. The summed E-state index contributed by atoms with van der Waals surface area (Å²) >= 11 is 0. The summed E-state index contributed by atoms with van der Waals surface area (Å²) in [6.07, 6.45) is 7.59. The predicted molar refractivity (Wildman–Crippen MR) is 119 cm³/mol. The average Bonchev–Trinajstić information content (AvgIpc) is 2.72. The van der Waals surface area contributed by atoms with Crippen molar-refractivity contribution in [3.63, 3.8) is 0 Å². The standard InChI is InChI=1S/C25H29N3/c1-6-7-9-13-19(2)20(3)27-25(18-26)24-16-12-17-28(22(24)5)21(4)23-14-10-8-11-15-23/h6,8,10-11,13-15H,1,3-4,7,9,12,16-17H2,2,5H3/b19-13+,27-25?. The van der Waals surface area contributed by atoms with Crippen LogP contribution in [-0.4, -0.2) is 17.2 Å². The highest BCUT2D eigenvalue weighted by atomic mass is 15.2. The number of nitriles is 1. The Morgan fingerprint density at radius 3 is 2.61 bits per heavy atom. The summed E-state index contributed by atoms with van der Waals surface area (Å²) < 4.78 is 0. The minimum Gasteiger partial charge on any atom is -0.345 e. The molecule has 0 aliphatic carbocycles. The van der Waals surface area contributed by atoms with E-state index in [1.54, 1.807) is 0 Å². The van der Waals surface area contributed by atoms with Crippen molar-refractivity contribution in [2.75, 3.05) is 6.54 Å². The number of benzene rings is 1. The van der Waals surface area contributed by atoms with Gasteiger partial charge in [-0.05, 0) is 50.7 Å². The molecule has 0 saturated carbocycles. The highest BCUT2D eigenvalue weighted by Crippen LogP contribution is 2.30. The molecular formula is C25H29N3. The van der Waals surface area contributed by atoms with Crippen LogP contribution in [0.5, 0.6) is 0 Å². The maximum atomic E-state index is 9.75. The fourth-order valence-electron chi connectivity index (χ4n) is 3.26. The predicted octanol–water partition coefficient (Wildman–Crippen LogP) is 6.42. The van der Waals surface area contributed by atoms with E-state index in [1.165, 1.54) is 0 Å². The monoisotopic (exact) mass is 371 g/mol. The normalized spacial score (nSPS) is 15.2. The first-order valence-corrected chi connectivity index (χ1v) is 9.67. The van der Waals surface area contributed by atoms with Gasteiger partial charge in [-0.3, -0.25) is 0 Å². The molecule has 0 fully saturated rings. The zero-order valence-corrected chi connectivity index (χ0v) is 17.0. The van der Waals surface area contributed by atoms with Gasteiger partial charge in [-0.25, -0.2) is 4.99 Å². The minimum atomic E-state index is 0.449. The lowest BCUT2D eigenvalue weighted by Gasteiger charge is -2.33. The van der Waals surface area contributed by atoms with Gasteiger partial charge in [0, 0.05) is 23.5 Å². The van der Waals surface area contributed by atoms with Crippen molar-refractivity contribution >= 4 is 11.4 Å². The number of rotatable bonds is 8. The zero-order valence-electron chi connectivity index (χ0n) is 17.0. The second-order valence-electron chi connectivity index (χ2n) is 6.90. The first-order chi connectivity index (χ1) is 13.5. The smallest absolute Gasteiger partial charge is 0.146 e. The number of hydrogen-bond donors (Lipinski definition) is 0. The van der Waals surface area contributed by atoms with Crippen LogP contribution in [0, 0.1) is 11.3 Å². The maximum Gasteiger partial charge on any atom is 0.146 e. The van der Waals surface area contributed by atoms with Crippen LogP contribution in [0.2, 0.25) is 0 Å². The van der Waals surface area contributed by atoms with Crippen LogP contribution in [0.25, 0.3) is 5.70 Å². The van der Waals surface area contributed by atoms with Crippen molar-refractivity contribution in [2.24, 2.45) is 4.99 Å². The highest BCUT2D eigenvalue weighted by Gasteiger charge is 2.22. The molecule has 1 aliphatic heterocycles. The summed E-state index contributed by atoms with van der Waals surface area (Å²) in [5, 5.41) is 9.75. The Balaban J connectivity index is 2.30. The summed E-state index contributed by atoms with van der Waals surface area (Å²) in [6, 6.07) is 12.4. The highest BCUT2D eigenvalue weighted by molar-refractivity contribution is 6.12. The van der Waals surface area contributed by atoms with E-state index in [9.17, 15) is 5.26 Å². The summed E-state index contributed by atoms with van der Waals surface area (Å²) in [5.74, 6) is 0. The van der Waals surface area contributed by atoms with E-state index in [4.69, 9.17) is 0 Å². The average molecular weight is 372 g/mol. The SMILES string of the molecule is C=CCC/C=C(\C)C(=C)N=C(C#N)C1=C(C)N(C(=C)c2ccccc2)CCC1. The van der Waals surface area contributed by atoms with Crippen molar-refractivity contribution in [2.45, 2.75) is 39.5 Å². The maximum absolute atomic E-state index is 9.75. The molecule has 3 heteroatoms. The number of aliphatic imine (C=N–C) groups is 1. The van der Waals surface area contributed by atoms with E-state index >= 15 is 0 Å². The van der Waals surface area contributed by atoms with Crippen molar-refractivity contribution in [1.82, 2.24) is 4.90 Å². The van der Waals surface area contributed by atoms with Crippen LogP contribution in [0.4, 0.5) is 0 Å². The summed E-state index contributed by atoms with van der Waals surface area (Å²) in [5.41, 5.74) is 6.14. The van der Waals surface area contributed by atoms with E-state index < -0.39 is 0 Å². The van der Waals surface area contributed by atoms with Gasteiger partial charge in [-0.1, -0.05) is 55.6 Å². The van der Waals surface area contributed by atoms with Gasteiger partial charge >= 0.3 is 0 Å². The van der Waals surface area contributed by atoms with Crippen LogP contribution in [0.1, 0.15) is 45.1 Å². The van der Waals surface area contributed by atoms with E-state index in [-0.39, 0.29) is 0 Å². The first kappa shape index (κ1) is 21.2. The Morgan fingerprint density at radius 2 is 1.96 bits per heavy atom. The van der Waals surface area contributed by atoms with Gasteiger partial charge in [0.1, 0.15) is 11.8 Å². The number of unbranched alkanes of at least 4 members (excludes halogenated alkanes) is 1. The van der Waals surface area contributed by atoms with E-state index in [0.717, 1.165) is 60.3 Å². The van der Waals surface area contributed by atoms with E-state index in [2.05, 4.69) is 53.9 Å². The summed E-state index contributed by atoms with van der Waals surface area (Å²) in [4.78, 5) is 6.76. The number of allylic oxidation sites excluding steroid dienone is 5. The Labute approximate surface area is 169 Å². The molecule has 1 aromatic carbocycles.